The van der Waals surface area contributed by atoms with Crippen molar-refractivity contribution in [3.63, 3.8) is 0 Å². The van der Waals surface area contributed by atoms with Gasteiger partial charge in [0.2, 0.25) is 0 Å². The van der Waals surface area contributed by atoms with Crippen LogP contribution in [0.3, 0.4) is 0 Å². The van der Waals surface area contributed by atoms with Crippen molar-refractivity contribution in [3.05, 3.63) is 23.8 Å². The van der Waals surface area contributed by atoms with Crippen molar-refractivity contribution in [1.82, 2.24) is 4.90 Å². The van der Waals surface area contributed by atoms with Gasteiger partial charge in [0.05, 0.1) is 12.7 Å². The first kappa shape index (κ1) is 14.0. The molecule has 1 aliphatic rings. The summed E-state index contributed by atoms with van der Waals surface area (Å²) < 4.78 is 5.02. The first-order chi connectivity index (χ1) is 9.04. The lowest BCUT2D eigenvalue weighted by molar-refractivity contribution is 0.0683. The van der Waals surface area contributed by atoms with Crippen LogP contribution in [-0.2, 0) is 0 Å². The Balaban J connectivity index is 2.20. The molecule has 104 valence electrons. The molecular formula is C14H18ClNO3. The molecule has 2 atom stereocenters. The van der Waals surface area contributed by atoms with E-state index in [1.54, 1.807) is 23.1 Å². The van der Waals surface area contributed by atoms with E-state index in [1.807, 2.05) is 6.92 Å². The summed E-state index contributed by atoms with van der Waals surface area (Å²) in [7, 11) is 1.46. The van der Waals surface area contributed by atoms with Gasteiger partial charge in [0.15, 0.2) is 11.5 Å². The molecule has 1 aromatic carbocycles. The van der Waals surface area contributed by atoms with Gasteiger partial charge in [-0.05, 0) is 24.5 Å². The van der Waals surface area contributed by atoms with Gasteiger partial charge in [-0.2, -0.15) is 0 Å². The van der Waals surface area contributed by atoms with E-state index in [2.05, 4.69) is 0 Å². The van der Waals surface area contributed by atoms with Crippen LogP contribution in [0.2, 0.25) is 0 Å². The fourth-order valence-corrected chi connectivity index (χ4v) is 2.51. The summed E-state index contributed by atoms with van der Waals surface area (Å²) in [5.41, 5.74) is 0.277. The third-order valence-corrected chi connectivity index (χ3v) is 4.19. The monoisotopic (exact) mass is 283 g/mol. The molecule has 0 bridgehead atoms. The Morgan fingerprint density at radius 3 is 2.89 bits per heavy atom. The number of para-hydroxylation sites is 1. The molecule has 1 heterocycles. The smallest absolute Gasteiger partial charge is 0.257 e. The number of carbonyl (C=O) groups is 1. The lowest BCUT2D eigenvalue weighted by Gasteiger charge is -2.34. The highest BCUT2D eigenvalue weighted by Gasteiger charge is 2.29. The second kappa shape index (κ2) is 5.70. The number of nitrogens with zero attached hydrogens (tertiary/aromatic N) is 1. The molecule has 0 radical (unpaired) electrons. The van der Waals surface area contributed by atoms with Gasteiger partial charge >= 0.3 is 0 Å². The second-order valence-electron chi connectivity index (χ2n) is 4.89. The summed E-state index contributed by atoms with van der Waals surface area (Å²) in [6.07, 6.45) is 0.777. The third-order valence-electron chi connectivity index (χ3n) is 3.54. The van der Waals surface area contributed by atoms with Gasteiger partial charge in [-0.15, -0.1) is 11.6 Å². The zero-order valence-electron chi connectivity index (χ0n) is 11.1. The number of rotatable bonds is 2. The topological polar surface area (TPSA) is 49.8 Å². The molecule has 1 N–H and O–H groups in total. The van der Waals surface area contributed by atoms with E-state index in [4.69, 9.17) is 16.3 Å². The van der Waals surface area contributed by atoms with E-state index in [0.29, 0.717) is 18.8 Å². The number of amides is 1. The molecule has 19 heavy (non-hydrogen) atoms. The van der Waals surface area contributed by atoms with E-state index < -0.39 is 0 Å². The lowest BCUT2D eigenvalue weighted by Crippen LogP contribution is -2.43. The van der Waals surface area contributed by atoms with Crippen LogP contribution in [0.25, 0.3) is 0 Å². The number of ether oxygens (including phenoxy) is 1. The number of carbonyl (C=O) groups excluding carboxylic acids is 1. The molecule has 1 aliphatic heterocycles. The van der Waals surface area contributed by atoms with Crippen molar-refractivity contribution in [2.45, 2.75) is 18.7 Å². The number of alkyl halides is 1. The van der Waals surface area contributed by atoms with Crippen LogP contribution in [0.5, 0.6) is 11.5 Å². The third kappa shape index (κ3) is 2.78. The van der Waals surface area contributed by atoms with Crippen LogP contribution >= 0.6 is 11.6 Å². The summed E-state index contributed by atoms with van der Waals surface area (Å²) in [6, 6.07) is 4.93. The first-order valence-corrected chi connectivity index (χ1v) is 6.77. The van der Waals surface area contributed by atoms with Gasteiger partial charge in [0.25, 0.3) is 5.91 Å². The lowest BCUT2D eigenvalue weighted by atomic mass is 9.98. The molecule has 5 heteroatoms. The molecule has 4 nitrogen and oxygen atoms in total. The number of phenolic OH excluding ortho intramolecular Hbond substituents is 1. The number of piperidine rings is 1. The van der Waals surface area contributed by atoms with Gasteiger partial charge < -0.3 is 14.7 Å². The number of halogens is 1. The number of benzene rings is 1. The van der Waals surface area contributed by atoms with E-state index in [0.717, 1.165) is 6.42 Å². The highest BCUT2D eigenvalue weighted by molar-refractivity contribution is 6.20. The Morgan fingerprint density at radius 1 is 1.53 bits per heavy atom. The highest BCUT2D eigenvalue weighted by Crippen LogP contribution is 2.31. The maximum absolute atomic E-state index is 12.4. The van der Waals surface area contributed by atoms with Crippen molar-refractivity contribution >= 4 is 17.5 Å². The van der Waals surface area contributed by atoms with E-state index in [9.17, 15) is 9.90 Å². The predicted molar refractivity (Wildman–Crippen MR) is 74.0 cm³/mol. The Kier molecular flexibility index (Phi) is 4.20. The number of hydrogen-bond donors (Lipinski definition) is 1. The van der Waals surface area contributed by atoms with Crippen LogP contribution in [0.1, 0.15) is 23.7 Å². The largest absolute Gasteiger partial charge is 0.504 e. The SMILES string of the molecule is COc1cccc(C(=O)N2CCC(Cl)C(C)C2)c1O. The number of aromatic hydroxyl groups is 1. The van der Waals surface area contributed by atoms with E-state index >= 15 is 0 Å². The van der Waals surface area contributed by atoms with Crippen LogP contribution in [0.15, 0.2) is 18.2 Å². The number of hydrogen-bond acceptors (Lipinski definition) is 3. The summed E-state index contributed by atoms with van der Waals surface area (Å²) in [6.45, 7) is 3.26. The molecule has 0 spiro atoms. The number of phenols is 1. The van der Waals surface area contributed by atoms with E-state index in [1.165, 1.54) is 7.11 Å². The Morgan fingerprint density at radius 2 is 2.26 bits per heavy atom. The van der Waals surface area contributed by atoms with Crippen LogP contribution in [0, 0.1) is 5.92 Å². The fourth-order valence-electron chi connectivity index (χ4n) is 2.33. The molecule has 1 fully saturated rings. The van der Waals surface area contributed by atoms with Crippen LogP contribution < -0.4 is 4.74 Å². The van der Waals surface area contributed by atoms with Gasteiger partial charge in [-0.25, -0.2) is 0 Å². The highest BCUT2D eigenvalue weighted by atomic mass is 35.5. The maximum Gasteiger partial charge on any atom is 0.257 e. The van der Waals surface area contributed by atoms with Crippen LogP contribution in [-0.4, -0.2) is 41.5 Å². The van der Waals surface area contributed by atoms with Gasteiger partial charge in [-0.3, -0.25) is 4.79 Å². The molecule has 2 unspecified atom stereocenters. The fraction of sp³-hybridized carbons (Fsp3) is 0.500. The minimum Gasteiger partial charge on any atom is -0.504 e. The van der Waals surface area contributed by atoms with Crippen LogP contribution in [0.4, 0.5) is 0 Å². The molecule has 2 rings (SSSR count). The minimum atomic E-state index is -0.174. The summed E-state index contributed by atoms with van der Waals surface area (Å²) >= 11 is 6.15. The average molecular weight is 284 g/mol. The normalized spacial score (nSPS) is 23.2. The van der Waals surface area contributed by atoms with Crippen molar-refractivity contribution in [2.24, 2.45) is 5.92 Å². The summed E-state index contributed by atoms with van der Waals surface area (Å²) in [5.74, 6) is 0.292. The Hall–Kier alpha value is -1.42. The molecule has 1 amide bonds. The zero-order chi connectivity index (χ0) is 14.0. The summed E-state index contributed by atoms with van der Waals surface area (Å²) in [4.78, 5) is 14.1. The van der Waals surface area contributed by atoms with Crippen molar-refractivity contribution in [2.75, 3.05) is 20.2 Å². The minimum absolute atomic E-state index is 0.101. The number of methoxy groups -OCH3 is 1. The maximum atomic E-state index is 12.4. The molecule has 0 aliphatic carbocycles. The molecular weight excluding hydrogens is 266 g/mol. The quantitative estimate of drug-likeness (QED) is 0.849. The predicted octanol–water partition coefficient (Wildman–Crippen LogP) is 2.49. The van der Waals surface area contributed by atoms with Crippen molar-refractivity contribution in [1.29, 1.82) is 0 Å². The molecule has 0 aromatic heterocycles. The second-order valence-corrected chi connectivity index (χ2v) is 5.45. The Labute approximate surface area is 117 Å². The van der Waals surface area contributed by atoms with Gasteiger partial charge in [0, 0.05) is 18.5 Å². The molecule has 1 saturated heterocycles. The first-order valence-electron chi connectivity index (χ1n) is 6.34. The number of likely N-dealkylation sites (tertiary alicyclic amines) is 1. The molecule has 1 aromatic rings. The van der Waals surface area contributed by atoms with Gasteiger partial charge in [-0.1, -0.05) is 13.0 Å². The summed E-state index contributed by atoms with van der Waals surface area (Å²) in [5, 5.41) is 10.1. The zero-order valence-corrected chi connectivity index (χ0v) is 11.9. The van der Waals surface area contributed by atoms with Gasteiger partial charge in [0.1, 0.15) is 0 Å². The average Bonchev–Trinajstić information content (AvgIpc) is 2.41. The Bertz CT molecular complexity index is 478. The van der Waals surface area contributed by atoms with Crippen molar-refractivity contribution < 1.29 is 14.6 Å². The van der Waals surface area contributed by atoms with Crippen molar-refractivity contribution in [3.8, 4) is 11.5 Å². The molecule has 0 saturated carbocycles. The van der Waals surface area contributed by atoms with E-state index in [-0.39, 0.29) is 28.5 Å². The standard InChI is InChI=1S/C14H18ClNO3/c1-9-8-16(7-6-11(9)15)14(18)10-4-3-5-12(19-2)13(10)17/h3-5,9,11,17H,6-8H2,1-2H3.